The fourth-order valence-electron chi connectivity index (χ4n) is 2.40. The molecule has 19 heavy (non-hydrogen) atoms. The lowest BCUT2D eigenvalue weighted by molar-refractivity contribution is -0.148. The largest absolute Gasteiger partial charge is 0.485 e. The number of nitrogens with zero attached hydrogens (tertiary/aromatic N) is 1. The zero-order valence-corrected chi connectivity index (χ0v) is 11.9. The van der Waals surface area contributed by atoms with Crippen LogP contribution in [0, 0.1) is 6.92 Å². The third-order valence-corrected chi connectivity index (χ3v) is 3.69. The molecule has 1 saturated carbocycles. The van der Waals surface area contributed by atoms with Crippen molar-refractivity contribution in [3.05, 3.63) is 23.5 Å². The Morgan fingerprint density at radius 3 is 2.68 bits per heavy atom. The molecule has 0 saturated heterocycles. The number of ether oxygens (including phenoxy) is 2. The molecule has 2 rings (SSSR count). The summed E-state index contributed by atoms with van der Waals surface area (Å²) in [6.45, 7) is 4.03. The van der Waals surface area contributed by atoms with Crippen LogP contribution in [0.25, 0.3) is 0 Å². The van der Waals surface area contributed by atoms with Crippen molar-refractivity contribution in [1.29, 1.82) is 0 Å². The number of pyridine rings is 1. The van der Waals surface area contributed by atoms with E-state index in [2.05, 4.69) is 11.9 Å². The zero-order valence-electron chi connectivity index (χ0n) is 11.9. The highest BCUT2D eigenvalue weighted by Gasteiger charge is 2.42. The summed E-state index contributed by atoms with van der Waals surface area (Å²) in [5.41, 5.74) is 1.56. The van der Waals surface area contributed by atoms with Gasteiger partial charge in [-0.3, -0.25) is 9.78 Å². The average Bonchev–Trinajstić information content (AvgIpc) is 2.37. The minimum atomic E-state index is -0.381. The van der Waals surface area contributed by atoms with Crippen molar-refractivity contribution in [2.45, 2.75) is 51.6 Å². The monoisotopic (exact) mass is 263 g/mol. The number of esters is 1. The van der Waals surface area contributed by atoms with Gasteiger partial charge in [0.1, 0.15) is 11.4 Å². The van der Waals surface area contributed by atoms with Crippen LogP contribution in [0.4, 0.5) is 0 Å². The quantitative estimate of drug-likeness (QED) is 0.766. The second-order valence-electron chi connectivity index (χ2n) is 5.14. The number of carbonyl (C=O) groups excluding carboxylic acids is 1. The van der Waals surface area contributed by atoms with E-state index in [-0.39, 0.29) is 11.6 Å². The van der Waals surface area contributed by atoms with Crippen LogP contribution in [0.2, 0.25) is 0 Å². The summed E-state index contributed by atoms with van der Waals surface area (Å²) >= 11 is 0. The average molecular weight is 263 g/mol. The first-order valence-corrected chi connectivity index (χ1v) is 6.81. The number of hydrogen-bond acceptors (Lipinski definition) is 4. The molecule has 1 aliphatic carbocycles. The minimum absolute atomic E-state index is 0.210. The second kappa shape index (κ2) is 5.59. The Labute approximate surface area is 114 Å². The van der Waals surface area contributed by atoms with Gasteiger partial charge < -0.3 is 9.47 Å². The van der Waals surface area contributed by atoms with E-state index in [4.69, 9.17) is 9.47 Å². The second-order valence-corrected chi connectivity index (χ2v) is 5.14. The number of aryl methyl sites for hydroxylation is 2. The van der Waals surface area contributed by atoms with Crippen molar-refractivity contribution < 1.29 is 14.3 Å². The molecule has 0 aromatic carbocycles. The Morgan fingerprint density at radius 1 is 1.42 bits per heavy atom. The molecule has 1 fully saturated rings. The van der Waals surface area contributed by atoms with Crippen LogP contribution in [0.1, 0.15) is 44.0 Å². The third kappa shape index (κ3) is 3.06. The first-order chi connectivity index (χ1) is 9.08. The van der Waals surface area contributed by atoms with Gasteiger partial charge in [-0.1, -0.05) is 6.92 Å². The lowest BCUT2D eigenvalue weighted by Gasteiger charge is -2.41. The van der Waals surface area contributed by atoms with Crippen molar-refractivity contribution >= 4 is 5.97 Å². The van der Waals surface area contributed by atoms with Crippen molar-refractivity contribution in [2.24, 2.45) is 0 Å². The standard InChI is InChI=1S/C15H21NO3/c1-4-12-13(7-6-11(2)16-12)19-15(8-5-9-15)10-14(17)18-3/h6-7H,4-5,8-10H2,1-3H3. The lowest BCUT2D eigenvalue weighted by atomic mass is 9.77. The molecule has 0 amide bonds. The number of methoxy groups -OCH3 is 1. The van der Waals surface area contributed by atoms with Gasteiger partial charge in [0.05, 0.1) is 19.2 Å². The van der Waals surface area contributed by atoms with Crippen LogP contribution >= 0.6 is 0 Å². The van der Waals surface area contributed by atoms with E-state index in [1.54, 1.807) is 0 Å². The molecule has 1 aromatic heterocycles. The Kier molecular flexibility index (Phi) is 4.08. The summed E-state index contributed by atoms with van der Waals surface area (Å²) in [5, 5.41) is 0. The number of aromatic nitrogens is 1. The fraction of sp³-hybridized carbons (Fsp3) is 0.600. The molecule has 0 N–H and O–H groups in total. The first-order valence-electron chi connectivity index (χ1n) is 6.81. The SMILES string of the molecule is CCc1nc(C)ccc1OC1(CC(=O)OC)CCC1. The number of hydrogen-bond donors (Lipinski definition) is 0. The van der Waals surface area contributed by atoms with E-state index in [9.17, 15) is 4.79 Å². The molecule has 0 spiro atoms. The van der Waals surface area contributed by atoms with Gasteiger partial charge in [-0.15, -0.1) is 0 Å². The van der Waals surface area contributed by atoms with Crippen molar-refractivity contribution in [1.82, 2.24) is 4.98 Å². The van der Waals surface area contributed by atoms with Gasteiger partial charge in [-0.05, 0) is 44.7 Å². The molecule has 4 heteroatoms. The summed E-state index contributed by atoms with van der Waals surface area (Å²) < 4.78 is 10.9. The predicted octanol–water partition coefficient (Wildman–Crippen LogP) is 2.82. The highest BCUT2D eigenvalue weighted by molar-refractivity contribution is 5.70. The van der Waals surface area contributed by atoms with E-state index in [1.807, 2.05) is 19.1 Å². The van der Waals surface area contributed by atoms with Crippen LogP contribution in [0.3, 0.4) is 0 Å². The van der Waals surface area contributed by atoms with Gasteiger partial charge in [-0.25, -0.2) is 0 Å². The molecule has 4 nitrogen and oxygen atoms in total. The first kappa shape index (κ1) is 13.8. The van der Waals surface area contributed by atoms with E-state index < -0.39 is 0 Å². The van der Waals surface area contributed by atoms with E-state index >= 15 is 0 Å². The van der Waals surface area contributed by atoms with Crippen LogP contribution in [0.15, 0.2) is 12.1 Å². The highest BCUT2D eigenvalue weighted by atomic mass is 16.5. The molecule has 0 radical (unpaired) electrons. The third-order valence-electron chi connectivity index (χ3n) is 3.69. The normalized spacial score (nSPS) is 16.6. The van der Waals surface area contributed by atoms with Crippen molar-refractivity contribution in [3.63, 3.8) is 0 Å². The molecular formula is C15H21NO3. The van der Waals surface area contributed by atoms with Crippen LogP contribution in [0.5, 0.6) is 5.75 Å². The number of carbonyl (C=O) groups is 1. The summed E-state index contributed by atoms with van der Waals surface area (Å²) in [6.07, 6.45) is 4.04. The molecule has 1 aliphatic rings. The van der Waals surface area contributed by atoms with Crippen molar-refractivity contribution in [3.8, 4) is 5.75 Å². The smallest absolute Gasteiger partial charge is 0.309 e. The van der Waals surface area contributed by atoms with Crippen molar-refractivity contribution in [2.75, 3.05) is 7.11 Å². The van der Waals surface area contributed by atoms with Gasteiger partial charge in [0.15, 0.2) is 0 Å². The predicted molar refractivity (Wildman–Crippen MR) is 72.2 cm³/mol. The molecule has 0 atom stereocenters. The number of rotatable bonds is 5. The van der Waals surface area contributed by atoms with Gasteiger partial charge in [0.25, 0.3) is 0 Å². The molecule has 1 aromatic rings. The van der Waals surface area contributed by atoms with Gasteiger partial charge in [0.2, 0.25) is 0 Å². The maximum atomic E-state index is 11.5. The fourth-order valence-corrected chi connectivity index (χ4v) is 2.40. The Balaban J connectivity index is 2.16. The maximum absolute atomic E-state index is 11.5. The molecule has 0 unspecified atom stereocenters. The summed E-state index contributed by atoms with van der Waals surface area (Å²) in [5.74, 6) is 0.592. The molecule has 1 heterocycles. The molecular weight excluding hydrogens is 242 g/mol. The van der Waals surface area contributed by atoms with Crippen LogP contribution < -0.4 is 4.74 Å². The van der Waals surface area contributed by atoms with E-state index in [0.717, 1.165) is 42.8 Å². The molecule has 104 valence electrons. The maximum Gasteiger partial charge on any atom is 0.309 e. The van der Waals surface area contributed by atoms with Gasteiger partial charge in [0, 0.05) is 5.69 Å². The minimum Gasteiger partial charge on any atom is -0.485 e. The Bertz CT molecular complexity index is 466. The highest BCUT2D eigenvalue weighted by Crippen LogP contribution is 2.40. The topological polar surface area (TPSA) is 48.4 Å². The summed E-state index contributed by atoms with van der Waals surface area (Å²) in [7, 11) is 1.42. The van der Waals surface area contributed by atoms with Crippen LogP contribution in [-0.2, 0) is 16.0 Å². The molecule has 0 bridgehead atoms. The van der Waals surface area contributed by atoms with Gasteiger partial charge >= 0.3 is 5.97 Å². The summed E-state index contributed by atoms with van der Waals surface area (Å²) in [6, 6.07) is 3.90. The molecule has 0 aliphatic heterocycles. The Morgan fingerprint density at radius 2 is 2.16 bits per heavy atom. The van der Waals surface area contributed by atoms with Gasteiger partial charge in [-0.2, -0.15) is 0 Å². The Hall–Kier alpha value is -1.58. The van der Waals surface area contributed by atoms with Crippen LogP contribution in [-0.4, -0.2) is 23.7 Å². The zero-order chi connectivity index (χ0) is 13.9. The lowest BCUT2D eigenvalue weighted by Crippen LogP contribution is -2.45. The van der Waals surface area contributed by atoms with E-state index in [0.29, 0.717) is 6.42 Å². The summed E-state index contributed by atoms with van der Waals surface area (Å²) in [4.78, 5) is 16.0. The van der Waals surface area contributed by atoms with E-state index in [1.165, 1.54) is 7.11 Å².